The van der Waals surface area contributed by atoms with E-state index in [2.05, 4.69) is 10.4 Å². The lowest BCUT2D eigenvalue weighted by molar-refractivity contribution is -0.146. The maximum atomic E-state index is 13.3. The molecule has 8 heteroatoms. The summed E-state index contributed by atoms with van der Waals surface area (Å²) in [5, 5.41) is 7.34. The van der Waals surface area contributed by atoms with Crippen LogP contribution in [0.1, 0.15) is 81.1 Å². The third-order valence-electron chi connectivity index (χ3n) is 7.27. The van der Waals surface area contributed by atoms with Gasteiger partial charge in [-0.2, -0.15) is 5.10 Å². The number of hydrogen-bond donors (Lipinski definition) is 1. The minimum Gasteiger partial charge on any atom is -0.467 e. The Morgan fingerprint density at radius 2 is 1.72 bits per heavy atom. The first kappa shape index (κ1) is 24.9. The Morgan fingerprint density at radius 3 is 2.25 bits per heavy atom. The summed E-state index contributed by atoms with van der Waals surface area (Å²) in [6.07, 6.45) is 15.7. The molecule has 1 aromatic rings. The van der Waals surface area contributed by atoms with Gasteiger partial charge in [0.05, 0.1) is 7.11 Å². The first-order valence-corrected chi connectivity index (χ1v) is 13.9. The van der Waals surface area contributed by atoms with Crippen LogP contribution in [0.3, 0.4) is 0 Å². The molecule has 0 aliphatic heterocycles. The molecule has 0 aromatic carbocycles. The lowest BCUT2D eigenvalue weighted by Gasteiger charge is -2.41. The van der Waals surface area contributed by atoms with Crippen molar-refractivity contribution in [3.63, 3.8) is 0 Å². The number of methoxy groups -OCH3 is 1. The van der Waals surface area contributed by atoms with Gasteiger partial charge in [-0.05, 0) is 30.2 Å². The van der Waals surface area contributed by atoms with Crippen LogP contribution in [-0.2, 0) is 26.9 Å². The number of nitrogens with one attached hydrogen (secondary N) is 1. The van der Waals surface area contributed by atoms with Gasteiger partial charge in [0.2, 0.25) is 0 Å². The summed E-state index contributed by atoms with van der Waals surface area (Å²) in [4.78, 5) is 26.3. The molecular weight excluding hydrogens is 426 g/mol. The van der Waals surface area contributed by atoms with Gasteiger partial charge in [-0.1, -0.05) is 64.2 Å². The SMILES string of the molecule is COC(=O)[C@@H](NC(=O)c1ccnn1CCCS(C)=O)C(C1CCCCC1)C1CCCCC1. The number of ether oxygens (including phenoxy) is 1. The molecule has 2 atom stereocenters. The van der Waals surface area contributed by atoms with Crippen LogP contribution in [0.5, 0.6) is 0 Å². The van der Waals surface area contributed by atoms with E-state index in [9.17, 15) is 13.8 Å². The smallest absolute Gasteiger partial charge is 0.328 e. The molecule has 0 bridgehead atoms. The number of esters is 1. The summed E-state index contributed by atoms with van der Waals surface area (Å²) in [6.45, 7) is 0.521. The molecule has 0 saturated heterocycles. The molecule has 0 radical (unpaired) electrons. The van der Waals surface area contributed by atoms with E-state index in [0.29, 0.717) is 36.2 Å². The molecule has 3 rings (SSSR count). The normalized spacial score (nSPS) is 20.1. The first-order valence-electron chi connectivity index (χ1n) is 12.2. The van der Waals surface area contributed by atoms with Crippen molar-refractivity contribution in [1.29, 1.82) is 0 Å². The van der Waals surface area contributed by atoms with Gasteiger partial charge in [0.15, 0.2) is 0 Å². The Labute approximate surface area is 194 Å². The molecule has 1 amide bonds. The van der Waals surface area contributed by atoms with Gasteiger partial charge in [-0.3, -0.25) is 13.7 Å². The van der Waals surface area contributed by atoms with Crippen molar-refractivity contribution in [3.8, 4) is 0 Å². The summed E-state index contributed by atoms with van der Waals surface area (Å²) in [5.41, 5.74) is 0.437. The fraction of sp³-hybridized carbons (Fsp3) is 0.792. The molecular formula is C24H39N3O4S. The number of nitrogens with zero attached hydrogens (tertiary/aromatic N) is 2. The molecule has 32 heavy (non-hydrogen) atoms. The van der Waals surface area contributed by atoms with E-state index in [-0.39, 0.29) is 17.8 Å². The lowest BCUT2D eigenvalue weighted by Crippen LogP contribution is -2.52. The van der Waals surface area contributed by atoms with Gasteiger partial charge < -0.3 is 10.1 Å². The Balaban J connectivity index is 1.79. The van der Waals surface area contributed by atoms with Crippen LogP contribution >= 0.6 is 0 Å². The van der Waals surface area contributed by atoms with Gasteiger partial charge in [-0.25, -0.2) is 4.79 Å². The predicted molar refractivity (Wildman–Crippen MR) is 126 cm³/mol. The summed E-state index contributed by atoms with van der Waals surface area (Å²) in [5.74, 6) is 0.947. The molecule has 1 aromatic heterocycles. The second kappa shape index (κ2) is 12.5. The number of carbonyl (C=O) groups excluding carboxylic acids is 2. The number of amides is 1. The molecule has 2 aliphatic rings. The van der Waals surface area contributed by atoms with Crippen LogP contribution in [0.2, 0.25) is 0 Å². The van der Waals surface area contributed by atoms with Crippen molar-refractivity contribution in [2.75, 3.05) is 19.1 Å². The van der Waals surface area contributed by atoms with E-state index in [1.807, 2.05) is 0 Å². The van der Waals surface area contributed by atoms with E-state index in [1.54, 1.807) is 23.2 Å². The van der Waals surface area contributed by atoms with Crippen molar-refractivity contribution in [3.05, 3.63) is 18.0 Å². The van der Waals surface area contributed by atoms with E-state index in [1.165, 1.54) is 45.6 Å². The maximum absolute atomic E-state index is 13.3. The monoisotopic (exact) mass is 465 g/mol. The number of hydrogen-bond acceptors (Lipinski definition) is 5. The average molecular weight is 466 g/mol. The van der Waals surface area contributed by atoms with Gasteiger partial charge in [0.25, 0.3) is 5.91 Å². The second-order valence-electron chi connectivity index (χ2n) is 9.42. The fourth-order valence-corrected chi connectivity index (χ4v) is 6.28. The van der Waals surface area contributed by atoms with E-state index < -0.39 is 16.8 Å². The summed E-state index contributed by atoms with van der Waals surface area (Å²) < 4.78 is 18.2. The fourth-order valence-electron chi connectivity index (χ4n) is 5.74. The van der Waals surface area contributed by atoms with Crippen molar-refractivity contribution >= 4 is 22.7 Å². The van der Waals surface area contributed by atoms with Crippen LogP contribution in [0, 0.1) is 17.8 Å². The molecule has 1 heterocycles. The van der Waals surface area contributed by atoms with Crippen LogP contribution < -0.4 is 5.32 Å². The zero-order valence-electron chi connectivity index (χ0n) is 19.6. The highest BCUT2D eigenvalue weighted by Crippen LogP contribution is 2.42. The van der Waals surface area contributed by atoms with Gasteiger partial charge in [0, 0.05) is 35.5 Å². The van der Waals surface area contributed by atoms with Crippen molar-refractivity contribution in [2.24, 2.45) is 17.8 Å². The Kier molecular flexibility index (Phi) is 9.75. The molecule has 0 spiro atoms. The number of rotatable bonds is 10. The molecule has 180 valence electrons. The third-order valence-corrected chi connectivity index (χ3v) is 8.13. The van der Waals surface area contributed by atoms with Crippen LogP contribution in [0.15, 0.2) is 12.3 Å². The van der Waals surface area contributed by atoms with E-state index >= 15 is 0 Å². The Morgan fingerprint density at radius 1 is 1.12 bits per heavy atom. The second-order valence-corrected chi connectivity index (χ2v) is 11.0. The highest BCUT2D eigenvalue weighted by Gasteiger charge is 2.41. The third kappa shape index (κ3) is 6.65. The zero-order valence-corrected chi connectivity index (χ0v) is 20.4. The standard InChI is InChI=1S/C24H39N3O4S/c1-31-24(29)22(21(18-10-5-3-6-11-18)19-12-7-4-8-13-19)26-23(28)20-14-15-25-27(20)16-9-17-32(2)30/h14-15,18-19,21-22H,3-13,16-17H2,1-2H3,(H,26,28)/t22-,32?/m0/s1. The number of aromatic nitrogens is 2. The van der Waals surface area contributed by atoms with E-state index in [4.69, 9.17) is 4.74 Å². The molecule has 1 N–H and O–H groups in total. The molecule has 7 nitrogen and oxygen atoms in total. The minimum absolute atomic E-state index is 0.117. The molecule has 2 aliphatic carbocycles. The molecule has 1 unspecified atom stereocenters. The largest absolute Gasteiger partial charge is 0.467 e. The topological polar surface area (TPSA) is 90.3 Å². The number of carbonyl (C=O) groups is 2. The van der Waals surface area contributed by atoms with Crippen LogP contribution in [-0.4, -0.2) is 51.0 Å². The Bertz CT molecular complexity index is 751. The first-order chi connectivity index (χ1) is 15.5. The van der Waals surface area contributed by atoms with Crippen molar-refractivity contribution in [2.45, 2.75) is 83.2 Å². The Hall–Kier alpha value is -1.70. The van der Waals surface area contributed by atoms with Gasteiger partial charge in [-0.15, -0.1) is 0 Å². The summed E-state index contributed by atoms with van der Waals surface area (Å²) in [6, 6.07) is 1.05. The van der Waals surface area contributed by atoms with Crippen LogP contribution in [0.4, 0.5) is 0 Å². The van der Waals surface area contributed by atoms with Crippen molar-refractivity contribution < 1.29 is 18.5 Å². The summed E-state index contributed by atoms with van der Waals surface area (Å²) in [7, 11) is 0.536. The van der Waals surface area contributed by atoms with Crippen molar-refractivity contribution in [1.82, 2.24) is 15.1 Å². The zero-order chi connectivity index (χ0) is 22.9. The summed E-state index contributed by atoms with van der Waals surface area (Å²) >= 11 is 0. The van der Waals surface area contributed by atoms with Gasteiger partial charge >= 0.3 is 5.97 Å². The predicted octanol–water partition coefficient (Wildman–Crippen LogP) is 3.70. The highest BCUT2D eigenvalue weighted by molar-refractivity contribution is 7.84. The average Bonchev–Trinajstić information content (AvgIpc) is 3.28. The molecule has 2 saturated carbocycles. The quantitative estimate of drug-likeness (QED) is 0.532. The van der Waals surface area contributed by atoms with Crippen LogP contribution in [0.25, 0.3) is 0 Å². The van der Waals surface area contributed by atoms with E-state index in [0.717, 1.165) is 25.7 Å². The number of aryl methyl sites for hydroxylation is 1. The minimum atomic E-state index is -0.876. The highest BCUT2D eigenvalue weighted by atomic mass is 32.2. The maximum Gasteiger partial charge on any atom is 0.328 e. The molecule has 2 fully saturated rings. The lowest BCUT2D eigenvalue weighted by atomic mass is 9.66. The van der Waals surface area contributed by atoms with Gasteiger partial charge in [0.1, 0.15) is 11.7 Å².